The number of ether oxygens (including phenoxy) is 2. The van der Waals surface area contributed by atoms with Crippen molar-refractivity contribution in [2.45, 2.75) is 26.0 Å². The summed E-state index contributed by atoms with van der Waals surface area (Å²) in [7, 11) is 1.54. The highest BCUT2D eigenvalue weighted by Gasteiger charge is 2.27. The maximum Gasteiger partial charge on any atom is 0.252 e. The molecule has 25 heavy (non-hydrogen) atoms. The van der Waals surface area contributed by atoms with Crippen molar-refractivity contribution in [3.05, 3.63) is 42.2 Å². The lowest BCUT2D eigenvalue weighted by Crippen LogP contribution is -2.40. The van der Waals surface area contributed by atoms with Crippen molar-refractivity contribution in [2.24, 2.45) is 0 Å². The molecule has 0 fully saturated rings. The van der Waals surface area contributed by atoms with Crippen molar-refractivity contribution in [2.75, 3.05) is 20.3 Å². The molecule has 6 nitrogen and oxygen atoms in total. The van der Waals surface area contributed by atoms with Gasteiger partial charge in [0, 0.05) is 37.2 Å². The topological polar surface area (TPSA) is 71.9 Å². The fraction of sp³-hybridized carbons (Fsp3) is 0.368. The van der Waals surface area contributed by atoms with E-state index in [9.17, 15) is 9.90 Å². The van der Waals surface area contributed by atoms with Gasteiger partial charge in [-0.05, 0) is 30.2 Å². The molecule has 1 aromatic carbocycles. The molecule has 1 unspecified atom stereocenters. The first-order chi connectivity index (χ1) is 12.1. The first-order valence-electron chi connectivity index (χ1n) is 8.34. The molecular formula is C19H22N2O4. The van der Waals surface area contributed by atoms with Gasteiger partial charge in [-0.25, -0.2) is 0 Å². The van der Waals surface area contributed by atoms with Crippen molar-refractivity contribution in [1.29, 1.82) is 0 Å². The lowest BCUT2D eigenvalue weighted by atomic mass is 10.0. The number of carbonyl (C=O) groups is 1. The van der Waals surface area contributed by atoms with E-state index < -0.39 is 6.10 Å². The van der Waals surface area contributed by atoms with Crippen LogP contribution in [0.15, 0.2) is 36.7 Å². The van der Waals surface area contributed by atoms with Gasteiger partial charge < -0.3 is 19.5 Å². The van der Waals surface area contributed by atoms with E-state index in [4.69, 9.17) is 9.47 Å². The minimum absolute atomic E-state index is 0.0623. The molecule has 1 N–H and O–H groups in total. The lowest BCUT2D eigenvalue weighted by Gasteiger charge is -2.24. The smallest absolute Gasteiger partial charge is 0.252 e. The number of amides is 1. The van der Waals surface area contributed by atoms with Gasteiger partial charge >= 0.3 is 0 Å². The molecule has 1 aliphatic heterocycles. The van der Waals surface area contributed by atoms with Gasteiger partial charge in [0.2, 0.25) is 0 Å². The van der Waals surface area contributed by atoms with Crippen LogP contribution in [0.3, 0.4) is 0 Å². The number of aromatic nitrogens is 1. The molecule has 0 saturated carbocycles. The van der Waals surface area contributed by atoms with E-state index in [1.54, 1.807) is 30.5 Å². The largest absolute Gasteiger partial charge is 0.504 e. The molecule has 1 amide bonds. The second kappa shape index (κ2) is 7.53. The third-order valence-electron chi connectivity index (χ3n) is 4.35. The number of aromatic hydroxyl groups is 1. The fourth-order valence-corrected chi connectivity index (χ4v) is 3.03. The van der Waals surface area contributed by atoms with E-state index in [0.717, 1.165) is 16.7 Å². The number of phenols is 1. The van der Waals surface area contributed by atoms with Crippen LogP contribution in [-0.4, -0.2) is 47.3 Å². The SMILES string of the molecule is CCC(OC)C(=O)N1CCOc2c(O)cc(-c3cccnc3)cc2C1. The summed E-state index contributed by atoms with van der Waals surface area (Å²) in [6.07, 6.45) is 3.59. The number of hydrogen-bond donors (Lipinski definition) is 1. The first-order valence-corrected chi connectivity index (χ1v) is 8.34. The molecule has 1 atom stereocenters. The number of fused-ring (bicyclic) bond motifs is 1. The minimum Gasteiger partial charge on any atom is -0.504 e. The van der Waals surface area contributed by atoms with Crippen LogP contribution in [-0.2, 0) is 16.1 Å². The monoisotopic (exact) mass is 342 g/mol. The Morgan fingerprint density at radius 2 is 2.28 bits per heavy atom. The number of carbonyl (C=O) groups excluding carboxylic acids is 1. The van der Waals surface area contributed by atoms with Gasteiger partial charge in [0.1, 0.15) is 12.7 Å². The predicted molar refractivity (Wildman–Crippen MR) is 93.3 cm³/mol. The van der Waals surface area contributed by atoms with Crippen LogP contribution in [0, 0.1) is 0 Å². The molecule has 1 aliphatic rings. The van der Waals surface area contributed by atoms with Crippen LogP contribution in [0.25, 0.3) is 11.1 Å². The Morgan fingerprint density at radius 3 is 2.96 bits per heavy atom. The Labute approximate surface area is 147 Å². The van der Waals surface area contributed by atoms with Crippen molar-refractivity contribution in [3.8, 4) is 22.6 Å². The number of rotatable bonds is 4. The molecule has 0 spiro atoms. The lowest BCUT2D eigenvalue weighted by molar-refractivity contribution is -0.142. The van der Waals surface area contributed by atoms with Crippen molar-refractivity contribution in [3.63, 3.8) is 0 Å². The number of pyridine rings is 1. The fourth-order valence-electron chi connectivity index (χ4n) is 3.03. The molecule has 6 heteroatoms. The minimum atomic E-state index is -0.461. The molecule has 0 bridgehead atoms. The standard InChI is InChI=1S/C19H22N2O4/c1-3-17(24-2)19(23)21-7-8-25-18-15(12-21)9-14(10-16(18)22)13-5-4-6-20-11-13/h4-6,9-11,17,22H,3,7-8,12H2,1-2H3. The zero-order valence-electron chi connectivity index (χ0n) is 14.4. The van der Waals surface area contributed by atoms with Crippen molar-refractivity contribution in [1.82, 2.24) is 9.88 Å². The highest BCUT2D eigenvalue weighted by molar-refractivity contribution is 5.81. The average Bonchev–Trinajstić information content (AvgIpc) is 2.86. The first kappa shape index (κ1) is 17.2. The summed E-state index contributed by atoms with van der Waals surface area (Å²) in [6.45, 7) is 3.07. The Morgan fingerprint density at radius 1 is 1.44 bits per heavy atom. The molecule has 2 aromatic rings. The van der Waals surface area contributed by atoms with E-state index >= 15 is 0 Å². The van der Waals surface area contributed by atoms with Crippen LogP contribution >= 0.6 is 0 Å². The van der Waals surface area contributed by atoms with E-state index in [-0.39, 0.29) is 11.7 Å². The molecule has 1 aromatic heterocycles. The summed E-state index contributed by atoms with van der Waals surface area (Å²) in [5, 5.41) is 10.4. The molecule has 132 valence electrons. The van der Waals surface area contributed by atoms with Crippen LogP contribution in [0.2, 0.25) is 0 Å². The average molecular weight is 342 g/mol. The molecule has 3 rings (SSSR count). The summed E-state index contributed by atoms with van der Waals surface area (Å²) in [5.41, 5.74) is 2.50. The summed E-state index contributed by atoms with van der Waals surface area (Å²) in [4.78, 5) is 18.5. The van der Waals surface area contributed by atoms with Crippen molar-refractivity contribution >= 4 is 5.91 Å². The second-order valence-corrected chi connectivity index (χ2v) is 5.97. The zero-order valence-corrected chi connectivity index (χ0v) is 14.4. The van der Waals surface area contributed by atoms with Gasteiger partial charge in [-0.15, -0.1) is 0 Å². The normalized spacial score (nSPS) is 15.0. The Bertz CT molecular complexity index is 745. The third kappa shape index (κ3) is 3.58. The number of hydrogen-bond acceptors (Lipinski definition) is 5. The molecule has 2 heterocycles. The number of benzene rings is 1. The second-order valence-electron chi connectivity index (χ2n) is 5.97. The van der Waals surface area contributed by atoms with Gasteiger partial charge in [0.15, 0.2) is 11.5 Å². The van der Waals surface area contributed by atoms with Crippen LogP contribution < -0.4 is 4.74 Å². The highest BCUT2D eigenvalue weighted by Crippen LogP contribution is 2.37. The summed E-state index contributed by atoms with van der Waals surface area (Å²) >= 11 is 0. The van der Waals surface area contributed by atoms with E-state index in [2.05, 4.69) is 4.98 Å². The maximum absolute atomic E-state index is 12.6. The maximum atomic E-state index is 12.6. The van der Waals surface area contributed by atoms with Gasteiger partial charge in [-0.1, -0.05) is 13.0 Å². The Hall–Kier alpha value is -2.60. The summed E-state index contributed by atoms with van der Waals surface area (Å²) < 4.78 is 11.0. The Kier molecular flexibility index (Phi) is 5.19. The van der Waals surface area contributed by atoms with Gasteiger partial charge in [-0.2, -0.15) is 0 Å². The summed E-state index contributed by atoms with van der Waals surface area (Å²) in [6, 6.07) is 7.37. The van der Waals surface area contributed by atoms with Crippen LogP contribution in [0.4, 0.5) is 0 Å². The Balaban J connectivity index is 1.94. The third-order valence-corrected chi connectivity index (χ3v) is 4.35. The molecule has 0 saturated heterocycles. The number of methoxy groups -OCH3 is 1. The number of phenolic OH excluding ortho intramolecular Hbond substituents is 1. The van der Waals surface area contributed by atoms with E-state index in [1.165, 1.54) is 0 Å². The van der Waals surface area contributed by atoms with Crippen molar-refractivity contribution < 1.29 is 19.4 Å². The quantitative estimate of drug-likeness (QED) is 0.925. The number of nitrogens with zero attached hydrogens (tertiary/aromatic N) is 2. The van der Waals surface area contributed by atoms with E-state index in [0.29, 0.717) is 31.9 Å². The van der Waals surface area contributed by atoms with Gasteiger partial charge in [0.05, 0.1) is 6.54 Å². The van der Waals surface area contributed by atoms with Gasteiger partial charge in [0.25, 0.3) is 5.91 Å². The zero-order chi connectivity index (χ0) is 17.8. The van der Waals surface area contributed by atoms with Gasteiger partial charge in [-0.3, -0.25) is 9.78 Å². The van der Waals surface area contributed by atoms with Crippen LogP contribution in [0.5, 0.6) is 11.5 Å². The molecular weight excluding hydrogens is 320 g/mol. The van der Waals surface area contributed by atoms with E-state index in [1.807, 2.05) is 25.1 Å². The molecule has 0 aliphatic carbocycles. The summed E-state index contributed by atoms with van der Waals surface area (Å²) in [5.74, 6) is 0.450. The highest BCUT2D eigenvalue weighted by atomic mass is 16.5. The molecule has 0 radical (unpaired) electrons. The van der Waals surface area contributed by atoms with Crippen LogP contribution in [0.1, 0.15) is 18.9 Å². The predicted octanol–water partition coefficient (Wildman–Crippen LogP) is 2.60.